The van der Waals surface area contributed by atoms with Gasteiger partial charge in [0.15, 0.2) is 0 Å². The number of likely N-dealkylation sites (tertiary alicyclic amines) is 2. The van der Waals surface area contributed by atoms with Crippen molar-refractivity contribution in [3.63, 3.8) is 0 Å². The Morgan fingerprint density at radius 3 is 2.43 bits per heavy atom. The van der Waals surface area contributed by atoms with E-state index in [9.17, 15) is 26.7 Å². The number of thioether (sulfide) groups is 1. The first-order valence-electron chi connectivity index (χ1n) is 16.8. The summed E-state index contributed by atoms with van der Waals surface area (Å²) in [5.74, 6) is 0.488. The summed E-state index contributed by atoms with van der Waals surface area (Å²) in [5.41, 5.74) is 1.80. The maximum atomic E-state index is 14.1. The Bertz CT molecular complexity index is 1470. The number of morpholine rings is 1. The molecule has 10 nitrogen and oxygen atoms in total. The van der Waals surface area contributed by atoms with Crippen molar-refractivity contribution in [2.75, 3.05) is 84.1 Å². The van der Waals surface area contributed by atoms with Crippen molar-refractivity contribution in [1.82, 2.24) is 28.8 Å². The predicted octanol–water partition coefficient (Wildman–Crippen LogP) is 3.23. The lowest BCUT2D eigenvalue weighted by atomic mass is 10.0. The van der Waals surface area contributed by atoms with Crippen LogP contribution in [0.1, 0.15) is 42.5 Å². The van der Waals surface area contributed by atoms with Crippen LogP contribution in [0.25, 0.3) is 11.3 Å². The van der Waals surface area contributed by atoms with E-state index in [1.165, 1.54) is 54.3 Å². The molecule has 1 atom stereocenters. The van der Waals surface area contributed by atoms with Crippen LogP contribution in [-0.2, 0) is 40.4 Å². The second-order valence-corrected chi connectivity index (χ2v) is 16.4. The normalized spacial score (nSPS) is 22.1. The topological polar surface area (TPSA) is 94.4 Å². The van der Waals surface area contributed by atoms with Crippen LogP contribution in [-0.4, -0.2) is 139 Å². The average molecular weight is 701 g/mol. The molecule has 5 heterocycles. The highest BCUT2D eigenvalue weighted by Gasteiger charge is 2.35. The van der Waals surface area contributed by atoms with Crippen LogP contribution in [0, 0.1) is 0 Å². The van der Waals surface area contributed by atoms with Gasteiger partial charge >= 0.3 is 6.18 Å². The zero-order chi connectivity index (χ0) is 33.2. The van der Waals surface area contributed by atoms with Crippen LogP contribution < -0.4 is 0 Å². The Labute approximate surface area is 280 Å². The molecule has 262 valence electrons. The minimum Gasteiger partial charge on any atom is -0.390 e. The number of nitrogens with zero attached hydrogens (tertiary/aromatic N) is 6. The summed E-state index contributed by atoms with van der Waals surface area (Å²) in [6, 6.07) is 4.70. The van der Waals surface area contributed by atoms with Crippen molar-refractivity contribution in [2.24, 2.45) is 0 Å². The fraction of sp³-hybridized carbons (Fsp3) is 0.719. The zero-order valence-electron chi connectivity index (χ0n) is 27.1. The first-order valence-corrected chi connectivity index (χ1v) is 19.6. The zero-order valence-corrected chi connectivity index (χ0v) is 28.8. The molecule has 3 fully saturated rings. The molecule has 1 N–H and O–H groups in total. The van der Waals surface area contributed by atoms with E-state index in [1.807, 2.05) is 0 Å². The van der Waals surface area contributed by atoms with Gasteiger partial charge in [0.05, 0.1) is 43.4 Å². The summed E-state index contributed by atoms with van der Waals surface area (Å²) in [7, 11) is -3.50. The van der Waals surface area contributed by atoms with E-state index in [4.69, 9.17) is 9.84 Å². The maximum absolute atomic E-state index is 14.1. The van der Waals surface area contributed by atoms with Gasteiger partial charge in [-0.05, 0) is 64.0 Å². The minimum absolute atomic E-state index is 0.0874. The van der Waals surface area contributed by atoms with E-state index >= 15 is 0 Å². The highest BCUT2D eigenvalue weighted by molar-refractivity contribution is 7.99. The number of alkyl halides is 3. The second kappa shape index (κ2) is 15.0. The van der Waals surface area contributed by atoms with Gasteiger partial charge in [0, 0.05) is 79.2 Å². The van der Waals surface area contributed by atoms with Crippen LogP contribution in [0.5, 0.6) is 0 Å². The van der Waals surface area contributed by atoms with E-state index in [0.717, 1.165) is 50.8 Å². The minimum atomic E-state index is -4.52. The Kier molecular flexibility index (Phi) is 11.2. The van der Waals surface area contributed by atoms with Gasteiger partial charge in [-0.25, -0.2) is 8.42 Å². The van der Waals surface area contributed by atoms with Crippen LogP contribution in [0.4, 0.5) is 13.2 Å². The fourth-order valence-electron chi connectivity index (χ4n) is 7.39. The average Bonchev–Trinajstić information content (AvgIpc) is 3.70. The molecule has 6 rings (SSSR count). The van der Waals surface area contributed by atoms with Crippen molar-refractivity contribution in [2.45, 2.75) is 68.4 Å². The third-order valence-corrected chi connectivity index (χ3v) is 12.2. The number of sulfonamides is 1. The van der Waals surface area contributed by atoms with Gasteiger partial charge < -0.3 is 19.6 Å². The Balaban J connectivity index is 1.21. The molecule has 0 amide bonds. The third-order valence-electron chi connectivity index (χ3n) is 9.96. The monoisotopic (exact) mass is 700 g/mol. The molecule has 47 heavy (non-hydrogen) atoms. The second-order valence-electron chi connectivity index (χ2n) is 13.2. The Hall–Kier alpha value is -1.72. The molecule has 3 saturated heterocycles. The number of aliphatic hydroxyl groups is 1. The number of hydrogen-bond acceptors (Lipinski definition) is 9. The standard InChI is InChI=1S/C32H47F3N6O4S2/c1-47(43,44)40-13-8-29-27(23-40)31(36-41(29)22-26(42)21-38-11-6-25(7-12-38)39-9-2-3-10-39)24-4-5-28(32(33,34)35)30(20-24)46-19-16-37-14-17-45-18-15-37/h4-5,20,25-26,42H,2-3,6-19,21-23H2,1H3. The molecule has 0 aliphatic carbocycles. The molecule has 4 aliphatic rings. The first kappa shape index (κ1) is 35.1. The number of rotatable bonds is 11. The maximum Gasteiger partial charge on any atom is 0.417 e. The van der Waals surface area contributed by atoms with E-state index < -0.39 is 27.9 Å². The van der Waals surface area contributed by atoms with Crippen molar-refractivity contribution >= 4 is 21.8 Å². The van der Waals surface area contributed by atoms with Crippen LogP contribution in [0.2, 0.25) is 0 Å². The van der Waals surface area contributed by atoms with Gasteiger partial charge in [0.1, 0.15) is 0 Å². The number of ether oxygens (including phenoxy) is 1. The Morgan fingerprint density at radius 1 is 1.02 bits per heavy atom. The molecule has 0 saturated carbocycles. The van der Waals surface area contributed by atoms with Crippen molar-refractivity contribution < 1.29 is 31.4 Å². The quantitative estimate of drug-likeness (QED) is 0.355. The number of fused-ring (bicyclic) bond motifs is 1. The summed E-state index contributed by atoms with van der Waals surface area (Å²) < 4.78 is 75.9. The molecular formula is C32H47F3N6O4S2. The van der Waals surface area contributed by atoms with Crippen molar-refractivity contribution in [3.05, 3.63) is 35.0 Å². The number of piperidine rings is 1. The van der Waals surface area contributed by atoms with Crippen molar-refractivity contribution in [1.29, 1.82) is 0 Å². The van der Waals surface area contributed by atoms with Crippen LogP contribution in [0.15, 0.2) is 23.1 Å². The van der Waals surface area contributed by atoms with Gasteiger partial charge in [-0.15, -0.1) is 11.8 Å². The fourth-order valence-corrected chi connectivity index (χ4v) is 9.30. The molecular weight excluding hydrogens is 654 g/mol. The molecule has 0 bridgehead atoms. The lowest BCUT2D eigenvalue weighted by Gasteiger charge is -2.37. The molecule has 0 spiro atoms. The van der Waals surface area contributed by atoms with Gasteiger partial charge in [-0.1, -0.05) is 6.07 Å². The summed E-state index contributed by atoms with van der Waals surface area (Å²) in [6.07, 6.45) is 1.11. The molecule has 1 aromatic carbocycles. The summed E-state index contributed by atoms with van der Waals surface area (Å²) in [6.45, 7) is 8.76. The highest BCUT2D eigenvalue weighted by atomic mass is 32.2. The van der Waals surface area contributed by atoms with Crippen LogP contribution >= 0.6 is 11.8 Å². The largest absolute Gasteiger partial charge is 0.417 e. The molecule has 1 unspecified atom stereocenters. The lowest BCUT2D eigenvalue weighted by molar-refractivity contribution is -0.139. The lowest BCUT2D eigenvalue weighted by Crippen LogP contribution is -2.46. The van der Waals surface area contributed by atoms with E-state index in [2.05, 4.69) is 14.7 Å². The van der Waals surface area contributed by atoms with Gasteiger partial charge in [-0.3, -0.25) is 9.58 Å². The summed E-state index contributed by atoms with van der Waals surface area (Å²) in [4.78, 5) is 7.21. The van der Waals surface area contributed by atoms with Gasteiger partial charge in [0.25, 0.3) is 0 Å². The van der Waals surface area contributed by atoms with E-state index in [0.29, 0.717) is 61.3 Å². The smallest absolute Gasteiger partial charge is 0.390 e. The number of benzene rings is 1. The van der Waals surface area contributed by atoms with E-state index in [1.54, 1.807) is 10.7 Å². The summed E-state index contributed by atoms with van der Waals surface area (Å²) in [5, 5.41) is 16.1. The van der Waals surface area contributed by atoms with E-state index in [-0.39, 0.29) is 24.5 Å². The number of aromatic nitrogens is 2. The number of halogens is 3. The van der Waals surface area contributed by atoms with Gasteiger partial charge in [-0.2, -0.15) is 22.6 Å². The highest BCUT2D eigenvalue weighted by Crippen LogP contribution is 2.40. The molecule has 1 aromatic heterocycles. The number of hydrogen-bond donors (Lipinski definition) is 1. The molecule has 4 aliphatic heterocycles. The van der Waals surface area contributed by atoms with Crippen LogP contribution in [0.3, 0.4) is 0 Å². The van der Waals surface area contributed by atoms with Gasteiger partial charge in [0.2, 0.25) is 10.0 Å². The first-order chi connectivity index (χ1) is 22.5. The molecule has 15 heteroatoms. The molecule has 0 radical (unpaired) electrons. The summed E-state index contributed by atoms with van der Waals surface area (Å²) >= 11 is 1.17. The van der Waals surface area contributed by atoms with Crippen molar-refractivity contribution in [3.8, 4) is 11.3 Å². The Morgan fingerprint density at radius 2 is 1.74 bits per heavy atom. The molecule has 2 aromatic rings. The predicted molar refractivity (Wildman–Crippen MR) is 176 cm³/mol. The number of β-amino-alcohol motifs (C(OH)–C–C–N with tert-alkyl or cyclic N) is 1. The number of aliphatic hydroxyl groups excluding tert-OH is 1. The third kappa shape index (κ3) is 8.72. The SMILES string of the molecule is CS(=O)(=O)N1CCc2c(c(-c3ccc(C(F)(F)F)c(SCCN4CCOCC4)c3)nn2CC(O)CN2CCC(N3CCCC3)CC2)C1.